The first-order valence-corrected chi connectivity index (χ1v) is 7.00. The number of nitrogens with zero attached hydrogens (tertiary/aromatic N) is 2. The molecule has 2 atom stereocenters. The first-order valence-electron chi connectivity index (χ1n) is 7.00. The van der Waals surface area contributed by atoms with Gasteiger partial charge >= 0.3 is 6.03 Å². The zero-order chi connectivity index (χ0) is 13.1. The van der Waals surface area contributed by atoms with Crippen LogP contribution in [-0.4, -0.2) is 65.8 Å². The van der Waals surface area contributed by atoms with Crippen molar-refractivity contribution in [1.29, 1.82) is 0 Å². The topological polar surface area (TPSA) is 55.8 Å². The number of carbonyl (C=O) groups excluding carboxylic acids is 1. The minimum Gasteiger partial charge on any atom is -0.394 e. The fraction of sp³-hybridized carbons (Fsp3) is 0.923. The van der Waals surface area contributed by atoms with E-state index in [0.717, 1.165) is 19.4 Å². The molecule has 1 aliphatic carbocycles. The SMILES string of the molecule is CC(CNC(=O)N1CCCC1CO)N(C)C1CC1. The Morgan fingerprint density at radius 3 is 2.83 bits per heavy atom. The second kappa shape index (κ2) is 5.89. The van der Waals surface area contributed by atoms with Crippen molar-refractivity contribution in [3.63, 3.8) is 0 Å². The number of amides is 2. The van der Waals surface area contributed by atoms with Gasteiger partial charge in [-0.25, -0.2) is 4.79 Å². The molecule has 0 aromatic heterocycles. The second-order valence-corrected chi connectivity index (χ2v) is 5.60. The summed E-state index contributed by atoms with van der Waals surface area (Å²) in [5.74, 6) is 0. The van der Waals surface area contributed by atoms with E-state index in [0.29, 0.717) is 18.6 Å². The van der Waals surface area contributed by atoms with Crippen molar-refractivity contribution in [1.82, 2.24) is 15.1 Å². The summed E-state index contributed by atoms with van der Waals surface area (Å²) in [6.07, 6.45) is 4.48. The minimum atomic E-state index is -0.0254. The van der Waals surface area contributed by atoms with Crippen LogP contribution in [0.4, 0.5) is 4.79 Å². The van der Waals surface area contributed by atoms with Crippen LogP contribution in [0.15, 0.2) is 0 Å². The molecule has 0 spiro atoms. The standard InChI is InChI=1S/C13H25N3O2/c1-10(15(2)11-5-6-11)8-14-13(18)16-7-3-4-12(16)9-17/h10-12,17H,3-9H2,1-2H3,(H,14,18). The number of rotatable bonds is 5. The third kappa shape index (κ3) is 3.14. The molecule has 2 amide bonds. The van der Waals surface area contributed by atoms with Gasteiger partial charge < -0.3 is 15.3 Å². The lowest BCUT2D eigenvalue weighted by atomic mass is 10.2. The molecule has 5 nitrogen and oxygen atoms in total. The summed E-state index contributed by atoms with van der Waals surface area (Å²) in [6, 6.07) is 1.08. The van der Waals surface area contributed by atoms with Crippen LogP contribution in [0.1, 0.15) is 32.6 Å². The molecule has 18 heavy (non-hydrogen) atoms. The summed E-state index contributed by atoms with van der Waals surface area (Å²) >= 11 is 0. The highest BCUT2D eigenvalue weighted by Gasteiger charge is 2.31. The number of aliphatic hydroxyl groups excluding tert-OH is 1. The van der Waals surface area contributed by atoms with E-state index in [2.05, 4.69) is 24.2 Å². The van der Waals surface area contributed by atoms with E-state index < -0.39 is 0 Å². The number of urea groups is 1. The van der Waals surface area contributed by atoms with Crippen LogP contribution in [-0.2, 0) is 0 Å². The van der Waals surface area contributed by atoms with Crippen LogP contribution in [0.2, 0.25) is 0 Å². The van der Waals surface area contributed by atoms with Crippen molar-refractivity contribution in [2.75, 3.05) is 26.7 Å². The van der Waals surface area contributed by atoms with E-state index in [1.165, 1.54) is 12.8 Å². The number of likely N-dealkylation sites (N-methyl/N-ethyl adjacent to an activating group) is 1. The molecule has 1 aliphatic heterocycles. The van der Waals surface area contributed by atoms with Crippen LogP contribution in [0.5, 0.6) is 0 Å². The van der Waals surface area contributed by atoms with Crippen molar-refractivity contribution < 1.29 is 9.90 Å². The molecule has 104 valence electrons. The molecule has 0 bridgehead atoms. The average Bonchev–Trinajstić information content (AvgIpc) is 3.11. The zero-order valence-corrected chi connectivity index (χ0v) is 11.4. The highest BCUT2D eigenvalue weighted by Crippen LogP contribution is 2.26. The molecule has 0 aromatic rings. The summed E-state index contributed by atoms with van der Waals surface area (Å²) in [4.78, 5) is 16.1. The number of hydrogen-bond acceptors (Lipinski definition) is 3. The zero-order valence-electron chi connectivity index (χ0n) is 11.4. The monoisotopic (exact) mass is 255 g/mol. The van der Waals surface area contributed by atoms with Crippen LogP contribution in [0.25, 0.3) is 0 Å². The summed E-state index contributed by atoms with van der Waals surface area (Å²) in [5.41, 5.74) is 0. The molecule has 1 saturated heterocycles. The summed E-state index contributed by atoms with van der Waals surface area (Å²) in [6.45, 7) is 3.67. The van der Waals surface area contributed by atoms with Gasteiger partial charge in [-0.1, -0.05) is 0 Å². The van der Waals surface area contributed by atoms with Crippen molar-refractivity contribution in [2.45, 2.75) is 50.7 Å². The van der Waals surface area contributed by atoms with Crippen LogP contribution >= 0.6 is 0 Å². The predicted molar refractivity (Wildman–Crippen MR) is 70.5 cm³/mol. The van der Waals surface area contributed by atoms with Gasteiger partial charge in [-0.05, 0) is 39.7 Å². The lowest BCUT2D eigenvalue weighted by Gasteiger charge is -2.27. The molecule has 0 aromatic carbocycles. The maximum absolute atomic E-state index is 12.0. The summed E-state index contributed by atoms with van der Waals surface area (Å²) in [7, 11) is 2.13. The Hall–Kier alpha value is -0.810. The molecule has 2 fully saturated rings. The van der Waals surface area contributed by atoms with E-state index in [1.807, 2.05) is 0 Å². The molecular formula is C13H25N3O2. The van der Waals surface area contributed by atoms with Crippen LogP contribution in [0.3, 0.4) is 0 Å². The number of likely N-dealkylation sites (tertiary alicyclic amines) is 1. The Morgan fingerprint density at radius 1 is 1.50 bits per heavy atom. The maximum Gasteiger partial charge on any atom is 0.317 e. The second-order valence-electron chi connectivity index (χ2n) is 5.60. The Balaban J connectivity index is 1.73. The van der Waals surface area contributed by atoms with Crippen molar-refractivity contribution in [3.05, 3.63) is 0 Å². The largest absolute Gasteiger partial charge is 0.394 e. The first kappa shape index (κ1) is 13.6. The van der Waals surface area contributed by atoms with Crippen molar-refractivity contribution >= 4 is 6.03 Å². The Bertz CT molecular complexity index is 294. The molecule has 1 heterocycles. The summed E-state index contributed by atoms with van der Waals surface area (Å²) in [5, 5.41) is 12.2. The first-order chi connectivity index (χ1) is 8.63. The highest BCUT2D eigenvalue weighted by molar-refractivity contribution is 5.74. The van der Waals surface area contributed by atoms with Gasteiger partial charge in [0.25, 0.3) is 0 Å². The van der Waals surface area contributed by atoms with Gasteiger partial charge in [0.2, 0.25) is 0 Å². The molecule has 2 rings (SSSR count). The van der Waals surface area contributed by atoms with E-state index in [-0.39, 0.29) is 18.7 Å². The Labute approximate surface area is 109 Å². The fourth-order valence-electron chi connectivity index (χ4n) is 2.62. The fourth-order valence-corrected chi connectivity index (χ4v) is 2.62. The van der Waals surface area contributed by atoms with Gasteiger partial charge in [0.1, 0.15) is 0 Å². The van der Waals surface area contributed by atoms with Crippen molar-refractivity contribution in [2.24, 2.45) is 0 Å². The normalized spacial score (nSPS) is 25.6. The van der Waals surface area contributed by atoms with E-state index in [9.17, 15) is 9.90 Å². The number of nitrogens with one attached hydrogen (secondary N) is 1. The van der Waals surface area contributed by atoms with Crippen molar-refractivity contribution in [3.8, 4) is 0 Å². The van der Waals surface area contributed by atoms with Gasteiger partial charge in [0.15, 0.2) is 0 Å². The highest BCUT2D eigenvalue weighted by atomic mass is 16.3. The molecule has 5 heteroatoms. The Morgan fingerprint density at radius 2 is 2.22 bits per heavy atom. The van der Waals surface area contributed by atoms with Crippen LogP contribution < -0.4 is 5.32 Å². The van der Waals surface area contributed by atoms with Gasteiger partial charge in [-0.2, -0.15) is 0 Å². The van der Waals surface area contributed by atoms with Gasteiger partial charge in [0.05, 0.1) is 12.6 Å². The average molecular weight is 255 g/mol. The number of carbonyl (C=O) groups is 1. The molecule has 2 N–H and O–H groups in total. The van der Waals surface area contributed by atoms with Gasteiger partial charge in [-0.3, -0.25) is 4.90 Å². The quantitative estimate of drug-likeness (QED) is 0.758. The van der Waals surface area contributed by atoms with E-state index in [4.69, 9.17) is 0 Å². The smallest absolute Gasteiger partial charge is 0.317 e. The lowest BCUT2D eigenvalue weighted by Crippen LogP contribution is -2.48. The number of aliphatic hydroxyl groups is 1. The predicted octanol–water partition coefficient (Wildman–Crippen LogP) is 0.635. The van der Waals surface area contributed by atoms with Gasteiger partial charge in [-0.15, -0.1) is 0 Å². The third-order valence-corrected chi connectivity index (χ3v) is 4.22. The van der Waals surface area contributed by atoms with E-state index >= 15 is 0 Å². The molecule has 2 aliphatic rings. The molecule has 0 radical (unpaired) electrons. The van der Waals surface area contributed by atoms with Crippen LogP contribution in [0, 0.1) is 0 Å². The molecule has 1 saturated carbocycles. The summed E-state index contributed by atoms with van der Waals surface area (Å²) < 4.78 is 0. The van der Waals surface area contributed by atoms with Gasteiger partial charge in [0, 0.05) is 25.2 Å². The number of hydrogen-bond donors (Lipinski definition) is 2. The maximum atomic E-state index is 12.0. The lowest BCUT2D eigenvalue weighted by molar-refractivity contribution is 0.153. The van der Waals surface area contributed by atoms with E-state index in [1.54, 1.807) is 4.90 Å². The molecule has 2 unspecified atom stereocenters. The minimum absolute atomic E-state index is 0.0152. The Kier molecular flexibility index (Phi) is 4.45. The third-order valence-electron chi connectivity index (χ3n) is 4.22. The molecular weight excluding hydrogens is 230 g/mol.